The van der Waals surface area contributed by atoms with Gasteiger partial charge in [0.25, 0.3) is 6.43 Å². The molecule has 2 saturated heterocycles. The molecule has 0 aromatic heterocycles. The first-order chi connectivity index (χ1) is 17.7. The lowest BCUT2D eigenvalue weighted by atomic mass is 9.60. The van der Waals surface area contributed by atoms with Gasteiger partial charge in [0.1, 0.15) is 17.6 Å². The average molecular weight is 571 g/mol. The van der Waals surface area contributed by atoms with Crippen LogP contribution in [0.2, 0.25) is 0 Å². The number of likely N-dealkylation sites (tertiary alicyclic amines) is 1. The zero-order valence-corrected chi connectivity index (χ0v) is 21.4. The fourth-order valence-electron chi connectivity index (χ4n) is 5.17. The number of amides is 1. The third kappa shape index (κ3) is 8.26. The van der Waals surface area contributed by atoms with Crippen molar-refractivity contribution in [1.29, 1.82) is 0 Å². The summed E-state index contributed by atoms with van der Waals surface area (Å²) in [5, 5.41) is 9.24. The normalized spacial score (nSPS) is 22.8. The number of hydrogen-bond donors (Lipinski definition) is 2. The summed E-state index contributed by atoms with van der Waals surface area (Å²) in [5.74, 6) is -2.49. The molecule has 1 atom stereocenters. The van der Waals surface area contributed by atoms with Gasteiger partial charge in [-0.2, -0.15) is 13.2 Å². The minimum absolute atomic E-state index is 0.0932. The summed E-state index contributed by atoms with van der Waals surface area (Å²) in [6.45, 7) is 2.17. The van der Waals surface area contributed by atoms with Gasteiger partial charge in [-0.25, -0.2) is 22.0 Å². The molecule has 2 N–H and O–H groups in total. The van der Waals surface area contributed by atoms with Gasteiger partial charge in [0, 0.05) is 12.6 Å². The van der Waals surface area contributed by atoms with Gasteiger partial charge in [-0.15, -0.1) is 0 Å². The highest BCUT2D eigenvalue weighted by Gasteiger charge is 2.47. The maximum atomic E-state index is 12.3. The number of sulfone groups is 1. The van der Waals surface area contributed by atoms with E-state index in [9.17, 15) is 35.2 Å². The number of rotatable bonds is 7. The first-order valence-electron chi connectivity index (χ1n) is 12.2. The van der Waals surface area contributed by atoms with Gasteiger partial charge in [0.15, 0.2) is 9.84 Å². The van der Waals surface area contributed by atoms with Crippen LogP contribution in [0, 0.1) is 5.41 Å². The van der Waals surface area contributed by atoms with E-state index in [-0.39, 0.29) is 23.1 Å². The molecule has 1 aliphatic carbocycles. The molecule has 4 rings (SSSR count). The van der Waals surface area contributed by atoms with Gasteiger partial charge in [-0.3, -0.25) is 9.69 Å². The van der Waals surface area contributed by atoms with Gasteiger partial charge < -0.3 is 15.2 Å². The Morgan fingerprint density at radius 1 is 1.13 bits per heavy atom. The Kier molecular flexibility index (Phi) is 9.61. The zero-order valence-electron chi connectivity index (χ0n) is 20.6. The Balaban J connectivity index is 0.000000505. The fraction of sp³-hybridized carbons (Fsp3) is 0.667. The molecular formula is C24H31F5N2O6S. The molecule has 214 valence electrons. The Morgan fingerprint density at radius 2 is 1.71 bits per heavy atom. The number of benzene rings is 1. The molecule has 1 saturated carbocycles. The number of alkyl halides is 5. The van der Waals surface area contributed by atoms with Crippen LogP contribution in [-0.2, 0) is 26.0 Å². The number of ether oxygens (including phenoxy) is 1. The minimum Gasteiger partial charge on any atom is -0.488 e. The van der Waals surface area contributed by atoms with Crippen molar-refractivity contribution in [2.45, 2.75) is 69.0 Å². The second kappa shape index (κ2) is 12.1. The number of halogens is 5. The molecule has 0 bridgehead atoms. The summed E-state index contributed by atoms with van der Waals surface area (Å²) in [6, 6.07) is 7.38. The maximum Gasteiger partial charge on any atom is 0.490 e. The first kappa shape index (κ1) is 30.1. The summed E-state index contributed by atoms with van der Waals surface area (Å²) in [7, 11) is -3.26. The largest absolute Gasteiger partial charge is 0.490 e. The molecule has 8 nitrogen and oxygen atoms in total. The van der Waals surface area contributed by atoms with Crippen LogP contribution < -0.4 is 10.1 Å². The van der Waals surface area contributed by atoms with E-state index >= 15 is 0 Å². The summed E-state index contributed by atoms with van der Waals surface area (Å²) >= 11 is 0. The number of carboxylic acids is 1. The maximum absolute atomic E-state index is 12.3. The third-order valence-electron chi connectivity index (χ3n) is 7.19. The predicted octanol–water partition coefficient (Wildman–Crippen LogP) is 3.40. The second-order valence-electron chi connectivity index (χ2n) is 10.0. The van der Waals surface area contributed by atoms with Crippen LogP contribution in [0.25, 0.3) is 0 Å². The quantitative estimate of drug-likeness (QED) is 0.484. The smallest absolute Gasteiger partial charge is 0.488 e. The molecule has 1 unspecified atom stereocenters. The number of nitrogens with one attached hydrogen (secondary N) is 1. The van der Waals surface area contributed by atoms with Crippen molar-refractivity contribution in [3.05, 3.63) is 29.8 Å². The molecule has 1 spiro atoms. The number of carboxylic acid groups (broad SMARTS) is 1. The van der Waals surface area contributed by atoms with E-state index in [1.807, 2.05) is 12.1 Å². The van der Waals surface area contributed by atoms with Crippen molar-refractivity contribution in [2.24, 2.45) is 5.41 Å². The van der Waals surface area contributed by atoms with E-state index in [1.165, 1.54) is 0 Å². The van der Waals surface area contributed by atoms with Crippen molar-refractivity contribution in [1.82, 2.24) is 10.2 Å². The van der Waals surface area contributed by atoms with Gasteiger partial charge >= 0.3 is 12.1 Å². The van der Waals surface area contributed by atoms with Crippen LogP contribution in [0.3, 0.4) is 0 Å². The van der Waals surface area contributed by atoms with Crippen molar-refractivity contribution in [3.63, 3.8) is 0 Å². The van der Waals surface area contributed by atoms with Crippen LogP contribution in [0.1, 0.15) is 44.1 Å². The number of aliphatic carboxylic acids is 1. The number of nitrogens with zero attached hydrogens (tertiary/aromatic N) is 1. The fourth-order valence-corrected chi connectivity index (χ4v) is 6.94. The lowest BCUT2D eigenvalue weighted by Crippen LogP contribution is -2.56. The predicted molar refractivity (Wildman–Crippen MR) is 127 cm³/mol. The summed E-state index contributed by atoms with van der Waals surface area (Å²) < 4.78 is 85.1. The van der Waals surface area contributed by atoms with Crippen LogP contribution in [0.4, 0.5) is 22.0 Å². The minimum atomic E-state index is -5.08. The van der Waals surface area contributed by atoms with Gasteiger partial charge in [0.2, 0.25) is 5.91 Å². The molecule has 3 aliphatic rings. The molecule has 1 amide bonds. The number of piperidine rings is 1. The first-order valence-corrected chi connectivity index (χ1v) is 13.9. The molecule has 2 aliphatic heterocycles. The van der Waals surface area contributed by atoms with E-state index in [0.717, 1.165) is 50.9 Å². The summed E-state index contributed by atoms with van der Waals surface area (Å²) in [4.78, 5) is 23.6. The molecular weight excluding hydrogens is 539 g/mol. The van der Waals surface area contributed by atoms with Gasteiger partial charge in [0.05, 0.1) is 5.75 Å². The number of carbonyl (C=O) groups excluding carboxylic acids is 1. The Morgan fingerprint density at radius 3 is 2.18 bits per heavy atom. The van der Waals surface area contributed by atoms with E-state index in [1.54, 1.807) is 12.1 Å². The highest BCUT2D eigenvalue weighted by atomic mass is 32.2. The highest BCUT2D eigenvalue weighted by molar-refractivity contribution is 7.93. The second-order valence-corrected chi connectivity index (χ2v) is 12.3. The number of carbonyl (C=O) groups is 2. The van der Waals surface area contributed by atoms with E-state index in [0.29, 0.717) is 18.6 Å². The van der Waals surface area contributed by atoms with E-state index < -0.39 is 40.3 Å². The van der Waals surface area contributed by atoms with E-state index in [2.05, 4.69) is 10.2 Å². The monoisotopic (exact) mass is 570 g/mol. The zero-order chi connectivity index (χ0) is 28.1. The van der Waals surface area contributed by atoms with E-state index in [4.69, 9.17) is 14.6 Å². The molecule has 1 aromatic rings. The van der Waals surface area contributed by atoms with Crippen molar-refractivity contribution >= 4 is 21.7 Å². The Hall–Kier alpha value is -2.48. The molecule has 1 aromatic carbocycles. The third-order valence-corrected chi connectivity index (χ3v) is 9.37. The number of hydrogen-bond acceptors (Lipinski definition) is 6. The van der Waals surface area contributed by atoms with Crippen molar-refractivity contribution in [3.8, 4) is 5.75 Å². The lowest BCUT2D eigenvalue weighted by molar-refractivity contribution is -0.192. The van der Waals surface area contributed by atoms with Crippen LogP contribution in [0.5, 0.6) is 5.75 Å². The van der Waals surface area contributed by atoms with Crippen LogP contribution in [0.15, 0.2) is 24.3 Å². The summed E-state index contributed by atoms with van der Waals surface area (Å²) in [5.41, 5.74) is 1.38. The van der Waals surface area contributed by atoms with Crippen LogP contribution in [-0.4, -0.2) is 79.6 Å². The Labute approximate surface area is 217 Å². The van der Waals surface area contributed by atoms with Crippen molar-refractivity contribution in [2.75, 3.05) is 25.4 Å². The van der Waals surface area contributed by atoms with Gasteiger partial charge in [-0.1, -0.05) is 12.1 Å². The molecule has 2 heterocycles. The van der Waals surface area contributed by atoms with Crippen molar-refractivity contribution < 1.29 is 49.8 Å². The molecule has 14 heteroatoms. The lowest BCUT2D eigenvalue weighted by Gasteiger charge is -2.52. The summed E-state index contributed by atoms with van der Waals surface area (Å²) in [6.07, 6.45) is -2.55. The standard InChI is InChI=1S/C22H30F2N2O4S.C2HF3O2/c23-20(24)15-30-18-5-3-16(4-6-18)14-26-9-7-22(8-10-26)12-17(13-22)25-21(27)19-2-1-11-31(19,28)29;3-2(4,5)1(6)7/h3-6,17,19-20H,1-2,7-15H2,(H,25,27);(H,6,7). The topological polar surface area (TPSA) is 113 Å². The highest BCUT2D eigenvalue weighted by Crippen LogP contribution is 2.49. The van der Waals surface area contributed by atoms with Crippen LogP contribution >= 0.6 is 0 Å². The SMILES string of the molecule is O=C(NC1CC2(CCN(Cc3ccc(OCC(F)F)cc3)CC2)C1)C1CCCS1(=O)=O.O=C(O)C(F)(F)F. The molecule has 38 heavy (non-hydrogen) atoms. The molecule has 3 fully saturated rings. The Bertz CT molecular complexity index is 1060. The molecule has 0 radical (unpaired) electrons. The average Bonchev–Trinajstić information content (AvgIpc) is 3.17. The van der Waals surface area contributed by atoms with Gasteiger partial charge in [-0.05, 0) is 74.7 Å².